The Morgan fingerprint density at radius 1 is 0.909 bits per heavy atom. The molecule has 0 spiro atoms. The smallest absolute Gasteiger partial charge is 0.410 e. The molecule has 0 unspecified atom stereocenters. The molecule has 0 aromatic heterocycles. The van der Waals surface area contributed by atoms with Gasteiger partial charge in [0.1, 0.15) is 17.7 Å². The predicted octanol–water partition coefficient (Wildman–Crippen LogP) is 2.50. The van der Waals surface area contributed by atoms with E-state index in [-0.39, 0.29) is 24.2 Å². The zero-order valence-corrected chi connectivity index (χ0v) is 19.6. The van der Waals surface area contributed by atoms with Crippen LogP contribution in [0.4, 0.5) is 9.59 Å². The van der Waals surface area contributed by atoms with Crippen molar-refractivity contribution in [3.05, 3.63) is 35.4 Å². The third-order valence-electron chi connectivity index (χ3n) is 3.97. The lowest BCUT2D eigenvalue weighted by molar-refractivity contribution is -0.169. The van der Waals surface area contributed by atoms with E-state index in [1.54, 1.807) is 53.7 Å². The number of nitrogens with one attached hydrogen (secondary N) is 1. The fourth-order valence-electron chi connectivity index (χ4n) is 2.71. The van der Waals surface area contributed by atoms with Crippen LogP contribution in [0.5, 0.6) is 0 Å². The highest BCUT2D eigenvalue weighted by Gasteiger charge is 2.39. The van der Waals surface area contributed by atoms with Crippen LogP contribution in [-0.2, 0) is 19.1 Å². The maximum Gasteiger partial charge on any atom is 0.410 e. The quantitative estimate of drug-likeness (QED) is 0.637. The van der Waals surface area contributed by atoms with Gasteiger partial charge in [-0.15, -0.1) is 0 Å². The molecule has 0 radical (unpaired) electrons. The van der Waals surface area contributed by atoms with Gasteiger partial charge in [-0.25, -0.2) is 14.4 Å². The first kappa shape index (κ1) is 25.6. The summed E-state index contributed by atoms with van der Waals surface area (Å²) < 4.78 is 10.4. The average molecular weight is 463 g/mol. The van der Waals surface area contributed by atoms with Crippen molar-refractivity contribution in [2.75, 3.05) is 19.6 Å². The normalized spacial score (nSPS) is 13.3. The van der Waals surface area contributed by atoms with Gasteiger partial charge in [0.2, 0.25) is 0 Å². The summed E-state index contributed by atoms with van der Waals surface area (Å²) >= 11 is 0. The number of hydrogen-bond acceptors (Lipinski definition) is 8. The second-order valence-electron chi connectivity index (χ2n) is 9.24. The third-order valence-corrected chi connectivity index (χ3v) is 3.97. The highest BCUT2D eigenvalue weighted by molar-refractivity contribution is 6.20. The van der Waals surface area contributed by atoms with E-state index in [2.05, 4.69) is 5.32 Å². The van der Waals surface area contributed by atoms with Crippen molar-refractivity contribution in [3.8, 4) is 0 Å². The fourth-order valence-corrected chi connectivity index (χ4v) is 2.71. The van der Waals surface area contributed by atoms with Crippen LogP contribution in [0.15, 0.2) is 24.3 Å². The molecule has 1 aliphatic heterocycles. The molecule has 1 aromatic rings. The number of rotatable bonds is 6. The van der Waals surface area contributed by atoms with Crippen molar-refractivity contribution < 1.29 is 38.3 Å². The first-order chi connectivity index (χ1) is 15.2. The van der Waals surface area contributed by atoms with E-state index in [0.29, 0.717) is 5.06 Å². The summed E-state index contributed by atoms with van der Waals surface area (Å²) in [5.74, 6) is -2.59. The van der Waals surface area contributed by atoms with Gasteiger partial charge in [-0.2, -0.15) is 0 Å². The summed E-state index contributed by atoms with van der Waals surface area (Å²) in [5.41, 5.74) is -1.33. The lowest BCUT2D eigenvalue weighted by atomic mass is 10.1. The molecule has 1 aromatic carbocycles. The zero-order valence-electron chi connectivity index (χ0n) is 19.6. The van der Waals surface area contributed by atoms with Crippen molar-refractivity contribution in [1.82, 2.24) is 15.3 Å². The highest BCUT2D eigenvalue weighted by atomic mass is 16.7. The van der Waals surface area contributed by atoms with Gasteiger partial charge < -0.3 is 19.6 Å². The number of hydrogen-bond donors (Lipinski definition) is 1. The predicted molar refractivity (Wildman–Crippen MR) is 115 cm³/mol. The molecule has 1 heterocycles. The Labute approximate surface area is 191 Å². The van der Waals surface area contributed by atoms with Gasteiger partial charge in [-0.05, 0) is 53.7 Å². The van der Waals surface area contributed by atoms with E-state index in [9.17, 15) is 24.0 Å². The Balaban J connectivity index is 2.02. The number of carbonyl (C=O) groups excluding carboxylic acids is 5. The largest absolute Gasteiger partial charge is 0.444 e. The Morgan fingerprint density at radius 3 is 1.91 bits per heavy atom. The van der Waals surface area contributed by atoms with Crippen molar-refractivity contribution in [2.24, 2.45) is 0 Å². The molecule has 0 saturated heterocycles. The average Bonchev–Trinajstić information content (AvgIpc) is 2.89. The van der Waals surface area contributed by atoms with Crippen molar-refractivity contribution in [1.29, 1.82) is 0 Å². The van der Waals surface area contributed by atoms with Gasteiger partial charge in [0.15, 0.2) is 0 Å². The molecule has 11 nitrogen and oxygen atoms in total. The number of alkyl carbamates (subject to hydrolysis) is 1. The molecule has 0 fully saturated rings. The molecular weight excluding hydrogens is 434 g/mol. The van der Waals surface area contributed by atoms with Crippen LogP contribution in [0.2, 0.25) is 0 Å². The Kier molecular flexibility index (Phi) is 7.68. The number of carbonyl (C=O) groups is 5. The maximum atomic E-state index is 12.5. The topological polar surface area (TPSA) is 132 Å². The van der Waals surface area contributed by atoms with Gasteiger partial charge >= 0.3 is 18.2 Å². The van der Waals surface area contributed by atoms with Gasteiger partial charge in [0, 0.05) is 13.1 Å². The SMILES string of the molecule is CC(C)(C)OC(=O)NCCN(CC(=O)ON1C(=O)c2ccccc2C1=O)C(=O)OC(C)(C)C. The van der Waals surface area contributed by atoms with E-state index in [0.717, 1.165) is 4.90 Å². The van der Waals surface area contributed by atoms with Crippen molar-refractivity contribution in [3.63, 3.8) is 0 Å². The van der Waals surface area contributed by atoms with Crippen LogP contribution in [0.1, 0.15) is 62.3 Å². The summed E-state index contributed by atoms with van der Waals surface area (Å²) in [7, 11) is 0. The number of nitrogens with zero attached hydrogens (tertiary/aromatic N) is 2. The maximum absolute atomic E-state index is 12.5. The first-order valence-electron chi connectivity index (χ1n) is 10.3. The van der Waals surface area contributed by atoms with Gasteiger partial charge in [-0.3, -0.25) is 14.5 Å². The van der Waals surface area contributed by atoms with Crippen molar-refractivity contribution >= 4 is 30.0 Å². The van der Waals surface area contributed by atoms with E-state index in [4.69, 9.17) is 14.3 Å². The lowest BCUT2D eigenvalue weighted by Gasteiger charge is -2.27. The molecule has 33 heavy (non-hydrogen) atoms. The number of hydroxylamine groups is 2. The van der Waals surface area contributed by atoms with Crippen LogP contribution in [0.25, 0.3) is 0 Å². The van der Waals surface area contributed by atoms with Crippen LogP contribution < -0.4 is 5.32 Å². The molecule has 0 aliphatic carbocycles. The molecule has 0 bridgehead atoms. The molecular formula is C22H29N3O8. The number of amides is 4. The third kappa shape index (κ3) is 7.48. The molecule has 0 atom stereocenters. The van der Waals surface area contributed by atoms with E-state index in [1.165, 1.54) is 12.1 Å². The van der Waals surface area contributed by atoms with Crippen LogP contribution in [0, 0.1) is 0 Å². The zero-order chi connectivity index (χ0) is 25.0. The minimum atomic E-state index is -1.03. The molecule has 4 amide bonds. The molecule has 2 rings (SSSR count). The number of fused-ring (bicyclic) bond motifs is 1. The lowest BCUT2D eigenvalue weighted by Crippen LogP contribution is -2.46. The second kappa shape index (κ2) is 9.88. The summed E-state index contributed by atoms with van der Waals surface area (Å²) in [6.07, 6.45) is -1.53. The van der Waals surface area contributed by atoms with E-state index in [1.807, 2.05) is 0 Å². The van der Waals surface area contributed by atoms with Gasteiger partial charge in [0.25, 0.3) is 11.8 Å². The standard InChI is InChI=1S/C22H29N3O8/c1-21(2,3)31-19(29)23-11-12-24(20(30)32-22(4,5)6)13-16(26)33-25-17(27)14-9-7-8-10-15(14)18(25)28/h7-10H,11-13H2,1-6H3,(H,23,29). The van der Waals surface area contributed by atoms with E-state index < -0.39 is 47.7 Å². The second-order valence-corrected chi connectivity index (χ2v) is 9.24. The van der Waals surface area contributed by atoms with Gasteiger partial charge in [-0.1, -0.05) is 17.2 Å². The highest BCUT2D eigenvalue weighted by Crippen LogP contribution is 2.22. The monoisotopic (exact) mass is 463 g/mol. The molecule has 1 N–H and O–H groups in total. The first-order valence-corrected chi connectivity index (χ1v) is 10.3. The molecule has 0 saturated carbocycles. The number of ether oxygens (including phenoxy) is 2. The minimum absolute atomic E-state index is 0.0472. The van der Waals surface area contributed by atoms with Crippen molar-refractivity contribution in [2.45, 2.75) is 52.7 Å². The van der Waals surface area contributed by atoms with Crippen LogP contribution in [-0.4, -0.2) is 70.8 Å². The van der Waals surface area contributed by atoms with Crippen LogP contribution >= 0.6 is 0 Å². The molecule has 11 heteroatoms. The summed E-state index contributed by atoms with van der Waals surface area (Å²) in [6, 6.07) is 6.05. The molecule has 180 valence electrons. The number of benzene rings is 1. The Hall–Kier alpha value is -3.63. The fraction of sp³-hybridized carbons (Fsp3) is 0.500. The Morgan fingerprint density at radius 2 is 1.42 bits per heavy atom. The minimum Gasteiger partial charge on any atom is -0.444 e. The van der Waals surface area contributed by atoms with E-state index >= 15 is 0 Å². The summed E-state index contributed by atoms with van der Waals surface area (Å²) in [5, 5.41) is 2.84. The summed E-state index contributed by atoms with van der Waals surface area (Å²) in [6.45, 7) is 9.27. The summed E-state index contributed by atoms with van der Waals surface area (Å²) in [4.78, 5) is 67.5. The van der Waals surface area contributed by atoms with Crippen LogP contribution in [0.3, 0.4) is 0 Å². The Bertz CT molecular complexity index is 911. The number of imide groups is 1. The molecule has 1 aliphatic rings. The van der Waals surface area contributed by atoms with Gasteiger partial charge in [0.05, 0.1) is 11.1 Å².